The molecule has 1 heterocycles. The first-order valence-corrected chi connectivity index (χ1v) is 6.14. The average Bonchev–Trinajstić information content (AvgIpc) is 2.74. The van der Waals surface area contributed by atoms with Crippen LogP contribution in [-0.4, -0.2) is 5.11 Å². The van der Waals surface area contributed by atoms with Crippen LogP contribution in [0.2, 0.25) is 0 Å². The van der Waals surface area contributed by atoms with Crippen molar-refractivity contribution in [2.75, 3.05) is 0 Å². The first kappa shape index (κ1) is 13.5. The Morgan fingerprint density at radius 1 is 1.25 bits per heavy atom. The van der Waals surface area contributed by atoms with Crippen molar-refractivity contribution in [1.29, 1.82) is 0 Å². The van der Waals surface area contributed by atoms with Crippen LogP contribution in [0.15, 0.2) is 40.2 Å². The van der Waals surface area contributed by atoms with E-state index in [-0.39, 0.29) is 24.2 Å². The van der Waals surface area contributed by atoms with Crippen LogP contribution in [0, 0.1) is 0 Å². The number of hydrogen-bond donors (Lipinski definition) is 2. The molecule has 1 aromatic heterocycles. The molecule has 5 heteroatoms. The number of para-hydroxylation sites is 1. The van der Waals surface area contributed by atoms with Crippen molar-refractivity contribution in [3.63, 3.8) is 0 Å². The molecule has 0 amide bonds. The zero-order valence-corrected chi connectivity index (χ0v) is 11.5. The predicted molar refractivity (Wildman–Crippen MR) is 73.4 cm³/mol. The average molecular weight is 321 g/mol. The van der Waals surface area contributed by atoms with Gasteiger partial charge in [-0.3, -0.25) is 0 Å². The molecular formula is C11H11BrClNOS. The number of thiophene rings is 1. The fourth-order valence-electron chi connectivity index (χ4n) is 1.40. The third-order valence-corrected chi connectivity index (χ3v) is 3.80. The standard InChI is InChI=1S/C11H10BrNOS.ClH/c12-8-4-1-3-7(11(8)14)10(13)9-5-2-6-15-9;/h1-6,10,14H,13H2;1H/t10-;/m1./s1. The van der Waals surface area contributed by atoms with Crippen molar-refractivity contribution in [1.82, 2.24) is 0 Å². The van der Waals surface area contributed by atoms with Gasteiger partial charge in [0, 0.05) is 10.4 Å². The van der Waals surface area contributed by atoms with E-state index in [1.165, 1.54) is 0 Å². The normalized spacial score (nSPS) is 11.9. The number of halogens is 2. The first-order valence-electron chi connectivity index (χ1n) is 4.46. The van der Waals surface area contributed by atoms with Crippen LogP contribution in [0.4, 0.5) is 0 Å². The van der Waals surface area contributed by atoms with Gasteiger partial charge in [-0.25, -0.2) is 0 Å². The molecule has 1 aromatic carbocycles. The van der Waals surface area contributed by atoms with E-state index in [1.54, 1.807) is 17.4 Å². The van der Waals surface area contributed by atoms with Crippen molar-refractivity contribution in [3.8, 4) is 5.75 Å². The highest BCUT2D eigenvalue weighted by molar-refractivity contribution is 9.10. The second-order valence-electron chi connectivity index (χ2n) is 3.17. The zero-order valence-electron chi connectivity index (χ0n) is 8.26. The molecule has 0 radical (unpaired) electrons. The largest absolute Gasteiger partial charge is 0.506 e. The predicted octanol–water partition coefficient (Wildman–Crippen LogP) is 3.69. The van der Waals surface area contributed by atoms with E-state index in [0.29, 0.717) is 4.47 Å². The summed E-state index contributed by atoms with van der Waals surface area (Å²) in [5.41, 5.74) is 6.80. The second-order valence-corrected chi connectivity index (χ2v) is 5.00. The SMILES string of the molecule is Cl.N[C@@H](c1cccs1)c1cccc(Br)c1O. The van der Waals surface area contributed by atoms with E-state index in [1.807, 2.05) is 29.6 Å². The minimum Gasteiger partial charge on any atom is -0.506 e. The number of nitrogens with two attached hydrogens (primary N) is 1. The summed E-state index contributed by atoms with van der Waals surface area (Å²) in [5, 5.41) is 11.8. The monoisotopic (exact) mass is 319 g/mol. The summed E-state index contributed by atoms with van der Waals surface area (Å²) in [6.45, 7) is 0. The number of phenols is 1. The number of phenolic OH excluding ortho intramolecular Hbond substituents is 1. The molecule has 0 fully saturated rings. The summed E-state index contributed by atoms with van der Waals surface area (Å²) in [5.74, 6) is 0.221. The number of hydrogen-bond acceptors (Lipinski definition) is 3. The van der Waals surface area contributed by atoms with Crippen LogP contribution in [0.5, 0.6) is 5.75 Å². The Labute approximate surface area is 113 Å². The Morgan fingerprint density at radius 2 is 2.00 bits per heavy atom. The molecule has 2 aromatic rings. The zero-order chi connectivity index (χ0) is 10.8. The Hall–Kier alpha value is -0.550. The maximum Gasteiger partial charge on any atom is 0.134 e. The summed E-state index contributed by atoms with van der Waals surface area (Å²) < 4.78 is 0.673. The maximum absolute atomic E-state index is 9.84. The Balaban J connectivity index is 0.00000128. The lowest BCUT2D eigenvalue weighted by Gasteiger charge is -2.12. The highest BCUT2D eigenvalue weighted by Crippen LogP contribution is 2.34. The third kappa shape index (κ3) is 2.58. The quantitative estimate of drug-likeness (QED) is 0.886. The second kappa shape index (κ2) is 5.68. The minimum absolute atomic E-state index is 0. The van der Waals surface area contributed by atoms with E-state index < -0.39 is 0 Å². The molecular weight excluding hydrogens is 310 g/mol. The van der Waals surface area contributed by atoms with Gasteiger partial charge in [0.05, 0.1) is 10.5 Å². The third-order valence-electron chi connectivity index (χ3n) is 2.20. The van der Waals surface area contributed by atoms with Gasteiger partial charge in [0.2, 0.25) is 0 Å². The van der Waals surface area contributed by atoms with Gasteiger partial charge in [-0.15, -0.1) is 23.7 Å². The van der Waals surface area contributed by atoms with Crippen LogP contribution < -0.4 is 5.73 Å². The lowest BCUT2D eigenvalue weighted by Crippen LogP contribution is -2.10. The highest BCUT2D eigenvalue weighted by atomic mass is 79.9. The molecule has 0 aliphatic carbocycles. The van der Waals surface area contributed by atoms with Crippen molar-refractivity contribution < 1.29 is 5.11 Å². The number of rotatable bonds is 2. The van der Waals surface area contributed by atoms with Gasteiger partial charge >= 0.3 is 0 Å². The molecule has 0 bridgehead atoms. The van der Waals surface area contributed by atoms with Crippen LogP contribution in [-0.2, 0) is 0 Å². The molecule has 86 valence electrons. The van der Waals surface area contributed by atoms with Gasteiger partial charge in [0.15, 0.2) is 0 Å². The van der Waals surface area contributed by atoms with Crippen LogP contribution in [0.25, 0.3) is 0 Å². The van der Waals surface area contributed by atoms with E-state index >= 15 is 0 Å². The van der Waals surface area contributed by atoms with Gasteiger partial charge in [0.1, 0.15) is 5.75 Å². The van der Waals surface area contributed by atoms with Crippen LogP contribution in [0.1, 0.15) is 16.5 Å². The van der Waals surface area contributed by atoms with E-state index in [2.05, 4.69) is 15.9 Å². The topological polar surface area (TPSA) is 46.2 Å². The summed E-state index contributed by atoms with van der Waals surface area (Å²) in [6.07, 6.45) is 0. The molecule has 0 saturated carbocycles. The fraction of sp³-hybridized carbons (Fsp3) is 0.0909. The Morgan fingerprint density at radius 3 is 2.62 bits per heavy atom. The van der Waals surface area contributed by atoms with Crippen LogP contribution >= 0.6 is 39.7 Å². The smallest absolute Gasteiger partial charge is 0.134 e. The van der Waals surface area contributed by atoms with Crippen molar-refractivity contribution in [2.24, 2.45) is 5.73 Å². The molecule has 0 aliphatic heterocycles. The van der Waals surface area contributed by atoms with Gasteiger partial charge in [-0.2, -0.15) is 0 Å². The Kier molecular flexibility index (Phi) is 4.80. The lowest BCUT2D eigenvalue weighted by molar-refractivity contribution is 0.462. The molecule has 2 rings (SSSR count). The molecule has 0 unspecified atom stereocenters. The summed E-state index contributed by atoms with van der Waals surface area (Å²) >= 11 is 4.86. The van der Waals surface area contributed by atoms with Crippen molar-refractivity contribution in [3.05, 3.63) is 50.6 Å². The molecule has 1 atom stereocenters. The molecule has 3 N–H and O–H groups in total. The lowest BCUT2D eigenvalue weighted by atomic mass is 10.1. The van der Waals surface area contributed by atoms with Crippen molar-refractivity contribution in [2.45, 2.75) is 6.04 Å². The van der Waals surface area contributed by atoms with E-state index in [9.17, 15) is 5.11 Å². The molecule has 0 aliphatic rings. The van der Waals surface area contributed by atoms with E-state index in [0.717, 1.165) is 10.4 Å². The van der Waals surface area contributed by atoms with Crippen molar-refractivity contribution >= 4 is 39.7 Å². The first-order chi connectivity index (χ1) is 7.20. The highest BCUT2D eigenvalue weighted by Gasteiger charge is 2.15. The summed E-state index contributed by atoms with van der Waals surface area (Å²) in [7, 11) is 0. The molecule has 0 spiro atoms. The minimum atomic E-state index is -0.262. The van der Waals surface area contributed by atoms with Gasteiger partial charge in [0.25, 0.3) is 0 Å². The fourth-order valence-corrected chi connectivity index (χ4v) is 2.53. The maximum atomic E-state index is 9.84. The summed E-state index contributed by atoms with van der Waals surface area (Å²) in [6, 6.07) is 9.16. The van der Waals surface area contributed by atoms with E-state index in [4.69, 9.17) is 5.73 Å². The molecule has 0 saturated heterocycles. The Bertz CT molecular complexity index is 461. The van der Waals surface area contributed by atoms with Gasteiger partial charge < -0.3 is 10.8 Å². The molecule has 16 heavy (non-hydrogen) atoms. The summed E-state index contributed by atoms with van der Waals surface area (Å²) in [4.78, 5) is 1.04. The number of aromatic hydroxyl groups is 1. The molecule has 2 nitrogen and oxygen atoms in total. The van der Waals surface area contributed by atoms with Gasteiger partial charge in [-0.1, -0.05) is 18.2 Å². The number of benzene rings is 1. The van der Waals surface area contributed by atoms with Crippen LogP contribution in [0.3, 0.4) is 0 Å². The van der Waals surface area contributed by atoms with Gasteiger partial charge in [-0.05, 0) is 33.4 Å².